The molecule has 0 aliphatic carbocycles. The largest absolute Gasteiger partial charge is 0.469 e. The third kappa shape index (κ3) is 2.88. The zero-order chi connectivity index (χ0) is 17.1. The number of aromatic nitrogens is 4. The van der Waals surface area contributed by atoms with E-state index in [1.807, 2.05) is 30.3 Å². The highest BCUT2D eigenvalue weighted by Gasteiger charge is 2.28. The second-order valence-electron chi connectivity index (χ2n) is 5.52. The fourth-order valence-electron chi connectivity index (χ4n) is 2.89. The van der Waals surface area contributed by atoms with Gasteiger partial charge in [0.25, 0.3) is 5.56 Å². The highest BCUT2D eigenvalue weighted by molar-refractivity contribution is 5.73. The van der Waals surface area contributed by atoms with Crippen molar-refractivity contribution in [1.29, 1.82) is 0 Å². The number of carbonyl (C=O) groups is 1. The molecule has 0 aliphatic heterocycles. The lowest BCUT2D eigenvalue weighted by Crippen LogP contribution is -2.17. The second-order valence-corrected chi connectivity index (χ2v) is 5.52. The quantitative estimate of drug-likeness (QED) is 0.625. The fraction of sp³-hybridized carbons (Fsp3) is 0.235. The zero-order valence-electron chi connectivity index (χ0n) is 13.4. The number of aromatic amines is 3. The Labute approximate surface area is 138 Å². The summed E-state index contributed by atoms with van der Waals surface area (Å²) in [6.45, 7) is 1.79. The Kier molecular flexibility index (Phi) is 4.33. The Bertz CT molecular complexity index is 892. The van der Waals surface area contributed by atoms with Gasteiger partial charge in [0.1, 0.15) is 0 Å². The van der Waals surface area contributed by atoms with Crippen LogP contribution >= 0.6 is 0 Å². The maximum Gasteiger partial charge on any atom is 0.306 e. The van der Waals surface area contributed by atoms with Gasteiger partial charge in [0.05, 0.1) is 25.4 Å². The third-order valence-corrected chi connectivity index (χ3v) is 4.07. The van der Waals surface area contributed by atoms with Gasteiger partial charge in [-0.05, 0) is 12.5 Å². The standard InChI is InChI=1S/C17H18N4O3/c1-10-15(17(23)21-19-10)12(8-14(22)24-2)13-9-18-20-16(13)11-6-4-3-5-7-11/h3-7,9,12H,8H2,1-2H3,(H,18,20)(H2,19,21,23)/t12-/m0/s1. The predicted octanol–water partition coefficient (Wildman–Crippen LogP) is 2.10. The van der Waals surface area contributed by atoms with Crippen molar-refractivity contribution in [3.8, 4) is 11.3 Å². The molecule has 0 aliphatic rings. The Hall–Kier alpha value is -3.09. The van der Waals surface area contributed by atoms with Gasteiger partial charge >= 0.3 is 5.97 Å². The van der Waals surface area contributed by atoms with E-state index in [2.05, 4.69) is 20.4 Å². The van der Waals surface area contributed by atoms with Gasteiger partial charge in [0, 0.05) is 22.7 Å². The number of methoxy groups -OCH3 is 1. The van der Waals surface area contributed by atoms with Crippen LogP contribution in [0.5, 0.6) is 0 Å². The van der Waals surface area contributed by atoms with E-state index in [0.717, 1.165) is 16.8 Å². The molecular weight excluding hydrogens is 308 g/mol. The lowest BCUT2D eigenvalue weighted by Gasteiger charge is -2.15. The summed E-state index contributed by atoms with van der Waals surface area (Å²) in [6.07, 6.45) is 1.71. The van der Waals surface area contributed by atoms with E-state index < -0.39 is 5.92 Å². The smallest absolute Gasteiger partial charge is 0.306 e. The molecule has 1 aromatic carbocycles. The molecule has 3 N–H and O–H groups in total. The maximum atomic E-state index is 12.2. The van der Waals surface area contributed by atoms with Crippen LogP contribution in [-0.2, 0) is 9.53 Å². The average molecular weight is 326 g/mol. The van der Waals surface area contributed by atoms with Crippen LogP contribution in [0.1, 0.15) is 29.2 Å². The molecule has 0 bridgehead atoms. The van der Waals surface area contributed by atoms with Gasteiger partial charge in [-0.3, -0.25) is 19.8 Å². The Balaban J connectivity index is 2.13. The van der Waals surface area contributed by atoms with E-state index in [4.69, 9.17) is 4.74 Å². The van der Waals surface area contributed by atoms with Gasteiger partial charge in [-0.2, -0.15) is 5.10 Å². The van der Waals surface area contributed by atoms with Crippen molar-refractivity contribution in [2.45, 2.75) is 19.3 Å². The first-order valence-corrected chi connectivity index (χ1v) is 7.54. The van der Waals surface area contributed by atoms with Crippen LogP contribution in [0.2, 0.25) is 0 Å². The van der Waals surface area contributed by atoms with E-state index >= 15 is 0 Å². The van der Waals surface area contributed by atoms with Gasteiger partial charge in [0.15, 0.2) is 0 Å². The summed E-state index contributed by atoms with van der Waals surface area (Å²) < 4.78 is 4.81. The molecule has 0 amide bonds. The van der Waals surface area contributed by atoms with Crippen molar-refractivity contribution in [2.24, 2.45) is 0 Å². The fourth-order valence-corrected chi connectivity index (χ4v) is 2.89. The monoisotopic (exact) mass is 326 g/mol. The lowest BCUT2D eigenvalue weighted by atomic mass is 9.87. The predicted molar refractivity (Wildman–Crippen MR) is 88.7 cm³/mol. The Morgan fingerprint density at radius 3 is 2.62 bits per heavy atom. The highest BCUT2D eigenvalue weighted by Crippen LogP contribution is 2.34. The first-order chi connectivity index (χ1) is 11.6. The molecule has 2 heterocycles. The van der Waals surface area contributed by atoms with E-state index in [9.17, 15) is 9.59 Å². The molecule has 0 unspecified atom stereocenters. The van der Waals surface area contributed by atoms with Crippen molar-refractivity contribution < 1.29 is 9.53 Å². The summed E-state index contributed by atoms with van der Waals surface area (Å²) in [7, 11) is 1.33. The number of benzene rings is 1. The van der Waals surface area contributed by atoms with Crippen LogP contribution in [0.15, 0.2) is 41.3 Å². The van der Waals surface area contributed by atoms with Gasteiger partial charge < -0.3 is 9.84 Å². The Morgan fingerprint density at radius 1 is 1.25 bits per heavy atom. The number of rotatable bonds is 5. The Morgan fingerprint density at radius 2 is 2.00 bits per heavy atom. The number of hydrogen-bond acceptors (Lipinski definition) is 4. The molecule has 0 fully saturated rings. The molecule has 1 atom stereocenters. The molecule has 7 heteroatoms. The van der Waals surface area contributed by atoms with Gasteiger partial charge in [-0.15, -0.1) is 0 Å². The highest BCUT2D eigenvalue weighted by atomic mass is 16.5. The van der Waals surface area contributed by atoms with Crippen molar-refractivity contribution in [3.05, 3.63) is 63.7 Å². The van der Waals surface area contributed by atoms with Gasteiger partial charge in [0.2, 0.25) is 0 Å². The first kappa shape index (κ1) is 15.8. The molecule has 0 spiro atoms. The number of nitrogens with zero attached hydrogens (tertiary/aromatic N) is 1. The minimum atomic E-state index is -0.457. The number of nitrogens with one attached hydrogen (secondary N) is 3. The van der Waals surface area contributed by atoms with Crippen LogP contribution in [0, 0.1) is 6.92 Å². The van der Waals surface area contributed by atoms with Crippen LogP contribution < -0.4 is 5.56 Å². The van der Waals surface area contributed by atoms with E-state index in [0.29, 0.717) is 11.3 Å². The van der Waals surface area contributed by atoms with Crippen LogP contribution in [0.25, 0.3) is 11.3 Å². The molecule has 0 saturated heterocycles. The normalized spacial score (nSPS) is 12.1. The summed E-state index contributed by atoms with van der Waals surface area (Å²) in [6, 6.07) is 9.65. The van der Waals surface area contributed by atoms with Crippen molar-refractivity contribution in [3.63, 3.8) is 0 Å². The molecule has 3 aromatic rings. The maximum absolute atomic E-state index is 12.2. The summed E-state index contributed by atoms with van der Waals surface area (Å²) in [5.41, 5.74) is 3.45. The second kappa shape index (κ2) is 6.57. The summed E-state index contributed by atoms with van der Waals surface area (Å²) >= 11 is 0. The van der Waals surface area contributed by atoms with Gasteiger partial charge in [-0.25, -0.2) is 0 Å². The molecule has 0 radical (unpaired) electrons. The molecule has 2 aromatic heterocycles. The van der Waals surface area contributed by atoms with Crippen molar-refractivity contribution in [1.82, 2.24) is 20.4 Å². The topological polar surface area (TPSA) is 104 Å². The molecule has 3 rings (SSSR count). The number of carbonyl (C=O) groups excluding carboxylic acids is 1. The van der Waals surface area contributed by atoms with Gasteiger partial charge in [-0.1, -0.05) is 30.3 Å². The number of hydrogen-bond donors (Lipinski definition) is 3. The van der Waals surface area contributed by atoms with Crippen molar-refractivity contribution >= 4 is 5.97 Å². The molecule has 0 saturated carbocycles. The number of ether oxygens (including phenoxy) is 1. The minimum Gasteiger partial charge on any atom is -0.469 e. The molecule has 124 valence electrons. The summed E-state index contributed by atoms with van der Waals surface area (Å²) in [4.78, 5) is 24.1. The SMILES string of the molecule is COC(=O)C[C@@H](c1cn[nH]c1-c1ccccc1)c1c(C)[nH][nH]c1=O. The summed E-state index contributed by atoms with van der Waals surface area (Å²) in [5, 5.41) is 12.5. The third-order valence-electron chi connectivity index (χ3n) is 4.07. The van der Waals surface area contributed by atoms with Crippen LogP contribution in [0.4, 0.5) is 0 Å². The minimum absolute atomic E-state index is 0.0532. The molecule has 24 heavy (non-hydrogen) atoms. The number of H-pyrrole nitrogens is 3. The molecule has 7 nitrogen and oxygen atoms in total. The molecular formula is C17H18N4O3. The first-order valence-electron chi connectivity index (χ1n) is 7.54. The zero-order valence-corrected chi connectivity index (χ0v) is 13.4. The van der Waals surface area contributed by atoms with E-state index in [1.165, 1.54) is 7.11 Å². The average Bonchev–Trinajstić information content (AvgIpc) is 3.21. The number of aryl methyl sites for hydroxylation is 1. The van der Waals surface area contributed by atoms with E-state index in [-0.39, 0.29) is 17.9 Å². The van der Waals surface area contributed by atoms with E-state index in [1.54, 1.807) is 13.1 Å². The summed E-state index contributed by atoms with van der Waals surface area (Å²) in [5.74, 6) is -0.846. The van der Waals surface area contributed by atoms with Crippen LogP contribution in [-0.4, -0.2) is 33.5 Å². The number of esters is 1. The lowest BCUT2D eigenvalue weighted by molar-refractivity contribution is -0.140. The van der Waals surface area contributed by atoms with Crippen molar-refractivity contribution in [2.75, 3.05) is 7.11 Å². The van der Waals surface area contributed by atoms with Crippen LogP contribution in [0.3, 0.4) is 0 Å².